The first-order valence-electron chi connectivity index (χ1n) is 5.19. The van der Waals surface area contributed by atoms with Crippen LogP contribution in [0.25, 0.3) is 0 Å². The van der Waals surface area contributed by atoms with Crippen LogP contribution >= 0.6 is 11.3 Å². The van der Waals surface area contributed by atoms with Gasteiger partial charge in [0, 0.05) is 5.38 Å². The molecule has 0 aliphatic carbocycles. The highest BCUT2D eigenvalue weighted by Crippen LogP contribution is 2.11. The molecule has 17 heavy (non-hydrogen) atoms. The molecule has 0 fully saturated rings. The maximum Gasteiger partial charge on any atom is 0.311 e. The number of nitrogens with zero attached hydrogens (tertiary/aromatic N) is 4. The second kappa shape index (κ2) is 5.53. The van der Waals surface area contributed by atoms with E-state index in [1.54, 1.807) is 17.9 Å². The van der Waals surface area contributed by atoms with Crippen molar-refractivity contribution in [2.24, 2.45) is 0 Å². The summed E-state index contributed by atoms with van der Waals surface area (Å²) in [7, 11) is 0. The van der Waals surface area contributed by atoms with E-state index in [2.05, 4.69) is 15.1 Å². The van der Waals surface area contributed by atoms with Gasteiger partial charge in [0.05, 0.1) is 25.3 Å². The third-order valence-corrected chi connectivity index (χ3v) is 2.88. The SMILES string of the molecule is CCOC(=O)Cc1csc(Cn2cncn2)n1. The molecule has 0 unspecified atom stereocenters. The third kappa shape index (κ3) is 3.35. The first-order chi connectivity index (χ1) is 8.28. The summed E-state index contributed by atoms with van der Waals surface area (Å²) < 4.78 is 6.55. The van der Waals surface area contributed by atoms with Gasteiger partial charge in [-0.05, 0) is 6.92 Å². The van der Waals surface area contributed by atoms with Crippen LogP contribution in [-0.4, -0.2) is 32.3 Å². The lowest BCUT2D eigenvalue weighted by Gasteiger charge is -1.98. The van der Waals surface area contributed by atoms with Gasteiger partial charge in [-0.3, -0.25) is 4.79 Å². The average Bonchev–Trinajstić information content (AvgIpc) is 2.91. The summed E-state index contributed by atoms with van der Waals surface area (Å²) in [5.74, 6) is -0.245. The summed E-state index contributed by atoms with van der Waals surface area (Å²) in [5, 5.41) is 6.75. The zero-order valence-electron chi connectivity index (χ0n) is 9.37. The van der Waals surface area contributed by atoms with Crippen LogP contribution in [-0.2, 0) is 22.5 Å². The minimum atomic E-state index is -0.245. The van der Waals surface area contributed by atoms with Crippen LogP contribution in [0.2, 0.25) is 0 Å². The molecule has 0 saturated heterocycles. The Bertz CT molecular complexity index is 480. The fraction of sp³-hybridized carbons (Fsp3) is 0.400. The van der Waals surface area contributed by atoms with E-state index < -0.39 is 0 Å². The summed E-state index contributed by atoms with van der Waals surface area (Å²) in [6.45, 7) is 2.76. The highest BCUT2D eigenvalue weighted by atomic mass is 32.1. The van der Waals surface area contributed by atoms with E-state index in [0.29, 0.717) is 13.2 Å². The standard InChI is InChI=1S/C10H12N4O2S/c1-2-16-10(15)3-8-5-17-9(13-8)4-14-7-11-6-12-14/h5-7H,2-4H2,1H3. The Balaban J connectivity index is 1.94. The van der Waals surface area contributed by atoms with Crippen LogP contribution in [0.3, 0.4) is 0 Å². The number of thiazole rings is 1. The Morgan fingerprint density at radius 1 is 1.59 bits per heavy atom. The summed E-state index contributed by atoms with van der Waals surface area (Å²) in [4.78, 5) is 19.4. The van der Waals surface area contributed by atoms with Gasteiger partial charge in [0.25, 0.3) is 0 Å². The first kappa shape index (κ1) is 11.7. The van der Waals surface area contributed by atoms with E-state index in [1.807, 2.05) is 5.38 Å². The van der Waals surface area contributed by atoms with Crippen LogP contribution in [0.1, 0.15) is 17.6 Å². The van der Waals surface area contributed by atoms with Gasteiger partial charge in [-0.15, -0.1) is 11.3 Å². The Morgan fingerprint density at radius 3 is 3.18 bits per heavy atom. The molecule has 0 aliphatic rings. The number of carbonyl (C=O) groups is 1. The third-order valence-electron chi connectivity index (χ3n) is 1.99. The monoisotopic (exact) mass is 252 g/mol. The van der Waals surface area contributed by atoms with E-state index in [1.165, 1.54) is 17.7 Å². The number of carbonyl (C=O) groups excluding carboxylic acids is 1. The minimum absolute atomic E-state index is 0.224. The van der Waals surface area contributed by atoms with Gasteiger partial charge in [-0.1, -0.05) is 0 Å². The minimum Gasteiger partial charge on any atom is -0.466 e. The van der Waals surface area contributed by atoms with Crippen LogP contribution in [0.4, 0.5) is 0 Å². The van der Waals surface area contributed by atoms with E-state index in [0.717, 1.165) is 10.7 Å². The van der Waals surface area contributed by atoms with Crippen molar-refractivity contribution >= 4 is 17.3 Å². The predicted octanol–water partition coefficient (Wildman–Crippen LogP) is 0.889. The van der Waals surface area contributed by atoms with Crippen molar-refractivity contribution in [3.63, 3.8) is 0 Å². The molecule has 0 aliphatic heterocycles. The molecule has 90 valence electrons. The van der Waals surface area contributed by atoms with Crippen LogP contribution in [0.15, 0.2) is 18.0 Å². The summed E-state index contributed by atoms with van der Waals surface area (Å²) >= 11 is 1.50. The van der Waals surface area contributed by atoms with Gasteiger partial charge < -0.3 is 4.74 Å². The van der Waals surface area contributed by atoms with Crippen molar-refractivity contribution in [3.8, 4) is 0 Å². The summed E-state index contributed by atoms with van der Waals surface area (Å²) in [5.41, 5.74) is 0.739. The Hall–Kier alpha value is -1.76. The molecule has 0 N–H and O–H groups in total. The number of hydrogen-bond acceptors (Lipinski definition) is 6. The predicted molar refractivity (Wildman–Crippen MR) is 61.6 cm³/mol. The lowest BCUT2D eigenvalue weighted by molar-refractivity contribution is -0.142. The van der Waals surface area contributed by atoms with Crippen molar-refractivity contribution < 1.29 is 9.53 Å². The van der Waals surface area contributed by atoms with E-state index in [9.17, 15) is 4.79 Å². The molecule has 2 aromatic heterocycles. The van der Waals surface area contributed by atoms with Crippen molar-refractivity contribution in [2.75, 3.05) is 6.61 Å². The second-order valence-corrected chi connectivity index (χ2v) is 4.25. The van der Waals surface area contributed by atoms with Gasteiger partial charge in [0.2, 0.25) is 0 Å². The van der Waals surface area contributed by atoms with Crippen molar-refractivity contribution in [3.05, 3.63) is 28.7 Å². The Labute approximate surface area is 102 Å². The number of aromatic nitrogens is 4. The van der Waals surface area contributed by atoms with E-state index in [-0.39, 0.29) is 12.4 Å². The average molecular weight is 252 g/mol. The number of rotatable bonds is 5. The van der Waals surface area contributed by atoms with Gasteiger partial charge in [0.15, 0.2) is 0 Å². The number of ether oxygens (including phenoxy) is 1. The zero-order valence-corrected chi connectivity index (χ0v) is 10.2. The quantitative estimate of drug-likeness (QED) is 0.739. The topological polar surface area (TPSA) is 69.9 Å². The van der Waals surface area contributed by atoms with Gasteiger partial charge in [-0.2, -0.15) is 5.10 Å². The van der Waals surface area contributed by atoms with E-state index >= 15 is 0 Å². The van der Waals surface area contributed by atoms with Crippen LogP contribution < -0.4 is 0 Å². The molecule has 0 aromatic carbocycles. The van der Waals surface area contributed by atoms with E-state index in [4.69, 9.17) is 4.74 Å². The lowest BCUT2D eigenvalue weighted by atomic mass is 10.3. The van der Waals surface area contributed by atoms with Crippen molar-refractivity contribution in [1.82, 2.24) is 19.7 Å². The molecule has 0 atom stereocenters. The molecule has 0 bridgehead atoms. The molecule has 6 nitrogen and oxygen atoms in total. The molecule has 0 spiro atoms. The maximum atomic E-state index is 11.3. The highest BCUT2D eigenvalue weighted by Gasteiger charge is 2.08. The molecule has 0 amide bonds. The summed E-state index contributed by atoms with van der Waals surface area (Å²) in [6.07, 6.45) is 3.33. The Kier molecular flexibility index (Phi) is 3.81. The zero-order chi connectivity index (χ0) is 12.1. The Morgan fingerprint density at radius 2 is 2.47 bits per heavy atom. The number of esters is 1. The fourth-order valence-corrected chi connectivity index (χ4v) is 2.10. The first-order valence-corrected chi connectivity index (χ1v) is 6.07. The summed E-state index contributed by atoms with van der Waals surface area (Å²) in [6, 6.07) is 0. The normalized spacial score (nSPS) is 10.4. The second-order valence-electron chi connectivity index (χ2n) is 3.31. The number of hydrogen-bond donors (Lipinski definition) is 0. The molecule has 2 heterocycles. The maximum absolute atomic E-state index is 11.3. The van der Waals surface area contributed by atoms with Crippen LogP contribution in [0.5, 0.6) is 0 Å². The van der Waals surface area contributed by atoms with Gasteiger partial charge >= 0.3 is 5.97 Å². The van der Waals surface area contributed by atoms with Gasteiger partial charge in [0.1, 0.15) is 17.7 Å². The largest absolute Gasteiger partial charge is 0.466 e. The van der Waals surface area contributed by atoms with Crippen molar-refractivity contribution in [2.45, 2.75) is 19.9 Å². The molecule has 2 rings (SSSR count). The molecule has 7 heteroatoms. The fourth-order valence-electron chi connectivity index (χ4n) is 1.32. The van der Waals surface area contributed by atoms with Crippen molar-refractivity contribution in [1.29, 1.82) is 0 Å². The van der Waals surface area contributed by atoms with Gasteiger partial charge in [-0.25, -0.2) is 14.6 Å². The lowest BCUT2D eigenvalue weighted by Crippen LogP contribution is -2.08. The smallest absolute Gasteiger partial charge is 0.311 e. The molecule has 0 radical (unpaired) electrons. The molecular formula is C10H12N4O2S. The molecular weight excluding hydrogens is 240 g/mol. The van der Waals surface area contributed by atoms with Crippen LogP contribution in [0, 0.1) is 0 Å². The molecule has 0 saturated carbocycles. The highest BCUT2D eigenvalue weighted by molar-refractivity contribution is 7.09. The molecule has 2 aromatic rings.